The van der Waals surface area contributed by atoms with E-state index in [4.69, 9.17) is 4.74 Å². The molecule has 0 bridgehead atoms. The molecule has 0 unspecified atom stereocenters. The van der Waals surface area contributed by atoms with Crippen LogP contribution in [0, 0.1) is 0 Å². The Morgan fingerprint density at radius 2 is 1.53 bits per heavy atom. The summed E-state index contributed by atoms with van der Waals surface area (Å²) in [4.78, 5) is 13.6. The molecule has 0 saturated carbocycles. The van der Waals surface area contributed by atoms with Crippen LogP contribution in [0.2, 0.25) is 0 Å². The van der Waals surface area contributed by atoms with Crippen LogP contribution in [0.3, 0.4) is 0 Å². The first-order valence-electron chi connectivity index (χ1n) is 5.87. The van der Waals surface area contributed by atoms with Gasteiger partial charge in [-0.05, 0) is 48.5 Å². The van der Waals surface area contributed by atoms with Crippen LogP contribution < -0.4 is 10.1 Å². The fourth-order valence-electron chi connectivity index (χ4n) is 1.60. The first-order chi connectivity index (χ1) is 9.22. The molecule has 98 valence electrons. The molecule has 0 fully saturated rings. The largest absolute Gasteiger partial charge is 0.497 e. The third-order valence-corrected chi connectivity index (χ3v) is 3.65. The quantitative estimate of drug-likeness (QED) is 0.929. The third-order valence-electron chi connectivity index (χ3n) is 2.64. The molecule has 0 aromatic heterocycles. The summed E-state index contributed by atoms with van der Waals surface area (Å²) in [6.07, 6.45) is 0. The number of carbonyl (C=O) groups excluding carboxylic acids is 1. The van der Waals surface area contributed by atoms with E-state index in [-0.39, 0.29) is 5.91 Å². The molecule has 1 amide bonds. The van der Waals surface area contributed by atoms with Crippen molar-refractivity contribution in [3.8, 4) is 5.75 Å². The molecule has 0 aliphatic heterocycles. The van der Waals surface area contributed by atoms with E-state index in [2.05, 4.69) is 5.32 Å². The van der Waals surface area contributed by atoms with Crippen molar-refractivity contribution in [2.75, 3.05) is 14.2 Å². The number of rotatable bonds is 4. The molecule has 2 rings (SSSR count). The number of hydrogen-bond acceptors (Lipinski definition) is 3. The summed E-state index contributed by atoms with van der Waals surface area (Å²) in [5.74, 6) is 0.778. The minimum absolute atomic E-state index is 0.0685. The highest BCUT2D eigenvalue weighted by Gasteiger charge is 2.03. The van der Waals surface area contributed by atoms with Gasteiger partial charge in [-0.15, -0.1) is 0 Å². The average molecular weight is 273 g/mol. The molecular formula is C15H15NO2S. The number of methoxy groups -OCH3 is 1. The summed E-state index contributed by atoms with van der Waals surface area (Å²) in [6.45, 7) is 0. The Balaban J connectivity index is 2.08. The van der Waals surface area contributed by atoms with Gasteiger partial charge in [0.1, 0.15) is 5.75 Å². The summed E-state index contributed by atoms with van der Waals surface area (Å²) in [5.41, 5.74) is 0.668. The van der Waals surface area contributed by atoms with Gasteiger partial charge in [0.2, 0.25) is 0 Å². The monoisotopic (exact) mass is 273 g/mol. The molecule has 0 atom stereocenters. The Bertz CT molecular complexity index is 549. The highest BCUT2D eigenvalue weighted by molar-refractivity contribution is 7.99. The van der Waals surface area contributed by atoms with E-state index in [0.29, 0.717) is 5.56 Å². The lowest BCUT2D eigenvalue weighted by Crippen LogP contribution is -2.17. The normalized spacial score (nSPS) is 10.0. The van der Waals surface area contributed by atoms with Crippen molar-refractivity contribution in [1.29, 1.82) is 0 Å². The first kappa shape index (κ1) is 13.5. The van der Waals surface area contributed by atoms with Crippen molar-refractivity contribution < 1.29 is 9.53 Å². The van der Waals surface area contributed by atoms with Crippen LogP contribution in [0.4, 0.5) is 0 Å². The minimum Gasteiger partial charge on any atom is -0.497 e. The van der Waals surface area contributed by atoms with E-state index in [1.807, 2.05) is 48.5 Å². The summed E-state index contributed by atoms with van der Waals surface area (Å²) >= 11 is 1.65. The summed E-state index contributed by atoms with van der Waals surface area (Å²) in [7, 11) is 3.28. The van der Waals surface area contributed by atoms with E-state index in [1.165, 1.54) is 0 Å². The second kappa shape index (κ2) is 6.29. The van der Waals surface area contributed by atoms with E-state index in [1.54, 1.807) is 25.9 Å². The number of ether oxygens (including phenoxy) is 1. The zero-order valence-electron chi connectivity index (χ0n) is 10.8. The highest BCUT2D eigenvalue weighted by Crippen LogP contribution is 2.29. The van der Waals surface area contributed by atoms with Crippen LogP contribution in [-0.2, 0) is 0 Å². The summed E-state index contributed by atoms with van der Waals surface area (Å²) in [6, 6.07) is 15.4. The zero-order chi connectivity index (χ0) is 13.7. The van der Waals surface area contributed by atoms with Crippen molar-refractivity contribution >= 4 is 17.7 Å². The lowest BCUT2D eigenvalue weighted by molar-refractivity contribution is 0.0963. The maximum atomic E-state index is 11.4. The Labute approximate surface area is 117 Å². The highest BCUT2D eigenvalue weighted by atomic mass is 32.2. The van der Waals surface area contributed by atoms with Gasteiger partial charge in [-0.2, -0.15) is 0 Å². The summed E-state index contributed by atoms with van der Waals surface area (Å²) in [5, 5.41) is 2.60. The van der Waals surface area contributed by atoms with Gasteiger partial charge in [-0.1, -0.05) is 11.8 Å². The number of hydrogen-bond donors (Lipinski definition) is 1. The molecule has 0 aliphatic rings. The second-order valence-electron chi connectivity index (χ2n) is 3.88. The van der Waals surface area contributed by atoms with E-state index < -0.39 is 0 Å². The number of benzene rings is 2. The van der Waals surface area contributed by atoms with Gasteiger partial charge in [-0.25, -0.2) is 0 Å². The Morgan fingerprint density at radius 3 is 2.00 bits per heavy atom. The third kappa shape index (κ3) is 3.51. The molecular weight excluding hydrogens is 258 g/mol. The van der Waals surface area contributed by atoms with Crippen molar-refractivity contribution in [1.82, 2.24) is 5.32 Å². The number of nitrogens with one attached hydrogen (secondary N) is 1. The lowest BCUT2D eigenvalue weighted by atomic mass is 10.2. The standard InChI is InChI=1S/C15H15NO2S/c1-16-15(17)11-3-7-13(8-4-11)19-14-9-5-12(18-2)6-10-14/h3-10H,1-2H3,(H,16,17). The number of amides is 1. The number of carbonyl (C=O) groups is 1. The summed E-state index contributed by atoms with van der Waals surface area (Å²) < 4.78 is 5.12. The van der Waals surface area contributed by atoms with Gasteiger partial charge >= 0.3 is 0 Å². The van der Waals surface area contributed by atoms with Crippen molar-refractivity contribution in [3.63, 3.8) is 0 Å². The molecule has 19 heavy (non-hydrogen) atoms. The van der Waals surface area contributed by atoms with Crippen molar-refractivity contribution in [2.45, 2.75) is 9.79 Å². The smallest absolute Gasteiger partial charge is 0.251 e. The van der Waals surface area contributed by atoms with Gasteiger partial charge in [0, 0.05) is 22.4 Å². The van der Waals surface area contributed by atoms with Crippen LogP contribution in [0.15, 0.2) is 58.3 Å². The van der Waals surface area contributed by atoms with Gasteiger partial charge < -0.3 is 10.1 Å². The van der Waals surface area contributed by atoms with Crippen LogP contribution in [0.1, 0.15) is 10.4 Å². The van der Waals surface area contributed by atoms with E-state index >= 15 is 0 Å². The fraction of sp³-hybridized carbons (Fsp3) is 0.133. The molecule has 2 aromatic rings. The van der Waals surface area contributed by atoms with E-state index in [9.17, 15) is 4.79 Å². The Hall–Kier alpha value is -1.94. The van der Waals surface area contributed by atoms with E-state index in [0.717, 1.165) is 15.5 Å². The topological polar surface area (TPSA) is 38.3 Å². The lowest BCUT2D eigenvalue weighted by Gasteiger charge is -2.04. The Morgan fingerprint density at radius 1 is 1.00 bits per heavy atom. The SMILES string of the molecule is CNC(=O)c1ccc(Sc2ccc(OC)cc2)cc1. The maximum Gasteiger partial charge on any atom is 0.251 e. The first-order valence-corrected chi connectivity index (χ1v) is 6.68. The molecule has 0 saturated heterocycles. The minimum atomic E-state index is -0.0685. The molecule has 4 heteroatoms. The predicted molar refractivity (Wildman–Crippen MR) is 76.9 cm³/mol. The molecule has 0 heterocycles. The van der Waals surface area contributed by atoms with Crippen LogP contribution in [-0.4, -0.2) is 20.1 Å². The fourth-order valence-corrected chi connectivity index (χ4v) is 2.42. The zero-order valence-corrected chi connectivity index (χ0v) is 11.7. The Kier molecular flexibility index (Phi) is 4.47. The van der Waals surface area contributed by atoms with Gasteiger partial charge in [0.15, 0.2) is 0 Å². The van der Waals surface area contributed by atoms with Gasteiger partial charge in [-0.3, -0.25) is 4.79 Å². The molecule has 1 N–H and O–H groups in total. The molecule has 0 radical (unpaired) electrons. The average Bonchev–Trinajstić information content (AvgIpc) is 2.48. The van der Waals surface area contributed by atoms with Crippen LogP contribution in [0.5, 0.6) is 5.75 Å². The molecule has 2 aromatic carbocycles. The van der Waals surface area contributed by atoms with Crippen LogP contribution in [0.25, 0.3) is 0 Å². The maximum absolute atomic E-state index is 11.4. The van der Waals surface area contributed by atoms with Crippen LogP contribution >= 0.6 is 11.8 Å². The predicted octanol–water partition coefficient (Wildman–Crippen LogP) is 3.21. The molecule has 0 aliphatic carbocycles. The van der Waals surface area contributed by atoms with Gasteiger partial charge in [0.25, 0.3) is 5.91 Å². The van der Waals surface area contributed by atoms with Crippen molar-refractivity contribution in [2.24, 2.45) is 0 Å². The van der Waals surface area contributed by atoms with Gasteiger partial charge in [0.05, 0.1) is 7.11 Å². The second-order valence-corrected chi connectivity index (χ2v) is 5.03. The molecule has 3 nitrogen and oxygen atoms in total. The van der Waals surface area contributed by atoms with Crippen molar-refractivity contribution in [3.05, 3.63) is 54.1 Å². The molecule has 0 spiro atoms.